The quantitative estimate of drug-likeness (QED) is 0.0423. The van der Waals surface area contributed by atoms with E-state index in [0.29, 0.717) is 6.42 Å². The topological polar surface area (TPSA) is 69.6 Å². The maximum atomic E-state index is 12.4. The summed E-state index contributed by atoms with van der Waals surface area (Å²) in [5, 5.41) is 23.0. The Labute approximate surface area is 368 Å². The normalized spacial score (nSPS) is 13.4. The minimum atomic E-state index is -0.870. The highest BCUT2D eigenvalue weighted by Crippen LogP contribution is 2.16. The minimum Gasteiger partial charge on any atom is -0.394 e. The first-order valence-corrected chi connectivity index (χ1v) is 26.0. The van der Waals surface area contributed by atoms with Crippen molar-refractivity contribution in [2.45, 2.75) is 276 Å². The van der Waals surface area contributed by atoms with Crippen LogP contribution in [0.1, 0.15) is 264 Å². The number of aliphatic hydroxyl groups is 2. The van der Waals surface area contributed by atoms with E-state index in [2.05, 4.69) is 67.8 Å². The Morgan fingerprint density at radius 1 is 0.407 bits per heavy atom. The van der Waals surface area contributed by atoms with E-state index in [1.165, 1.54) is 199 Å². The van der Waals surface area contributed by atoms with Gasteiger partial charge in [-0.05, 0) is 70.6 Å². The monoisotopic (exact) mass is 824 g/mol. The van der Waals surface area contributed by atoms with Gasteiger partial charge in [-0.1, -0.05) is 248 Å². The second-order valence-electron chi connectivity index (χ2n) is 17.6. The SMILES string of the molecule is CCCC/C=C/CC/C=C/CC/C=C/C(O)C(CO)NC(=O)CCCCCCCCCCCCCCCCCCC/C=C\C/C=C\CCCCCCCCCCCCC. The second kappa shape index (κ2) is 50.4. The third kappa shape index (κ3) is 47.0. The fourth-order valence-corrected chi connectivity index (χ4v) is 7.70. The van der Waals surface area contributed by atoms with E-state index in [4.69, 9.17) is 0 Å². The molecular formula is C55H101NO3. The highest BCUT2D eigenvalue weighted by Gasteiger charge is 2.17. The van der Waals surface area contributed by atoms with Crippen LogP contribution in [0, 0.1) is 0 Å². The van der Waals surface area contributed by atoms with E-state index in [1.807, 2.05) is 6.08 Å². The van der Waals surface area contributed by atoms with Crippen LogP contribution >= 0.6 is 0 Å². The van der Waals surface area contributed by atoms with Gasteiger partial charge >= 0.3 is 0 Å². The van der Waals surface area contributed by atoms with E-state index in [-0.39, 0.29) is 12.5 Å². The molecule has 59 heavy (non-hydrogen) atoms. The van der Waals surface area contributed by atoms with Gasteiger partial charge in [0.25, 0.3) is 0 Å². The first kappa shape index (κ1) is 57.1. The molecule has 0 aliphatic rings. The lowest BCUT2D eigenvalue weighted by molar-refractivity contribution is -0.123. The van der Waals surface area contributed by atoms with E-state index in [0.717, 1.165) is 44.9 Å². The smallest absolute Gasteiger partial charge is 0.220 e. The number of unbranched alkanes of at least 4 members (excludes halogenated alkanes) is 32. The Bertz CT molecular complexity index is 981. The molecule has 0 saturated heterocycles. The van der Waals surface area contributed by atoms with Crippen molar-refractivity contribution in [3.05, 3.63) is 60.8 Å². The predicted molar refractivity (Wildman–Crippen MR) is 262 cm³/mol. The van der Waals surface area contributed by atoms with E-state index < -0.39 is 12.1 Å². The number of amides is 1. The van der Waals surface area contributed by atoms with Gasteiger partial charge in [-0.2, -0.15) is 0 Å². The summed E-state index contributed by atoms with van der Waals surface area (Å²) in [6.07, 6.45) is 71.0. The predicted octanol–water partition coefficient (Wildman–Crippen LogP) is 16.9. The van der Waals surface area contributed by atoms with Gasteiger partial charge < -0.3 is 15.5 Å². The number of hydrogen-bond donors (Lipinski definition) is 3. The third-order valence-corrected chi connectivity index (χ3v) is 11.7. The molecule has 0 rings (SSSR count). The van der Waals surface area contributed by atoms with Crippen LogP contribution in [0.2, 0.25) is 0 Å². The van der Waals surface area contributed by atoms with E-state index in [9.17, 15) is 15.0 Å². The summed E-state index contributed by atoms with van der Waals surface area (Å²) in [7, 11) is 0. The van der Waals surface area contributed by atoms with Gasteiger partial charge in [-0.25, -0.2) is 0 Å². The van der Waals surface area contributed by atoms with Crippen LogP contribution < -0.4 is 5.32 Å². The maximum Gasteiger partial charge on any atom is 0.220 e. The van der Waals surface area contributed by atoms with Crippen LogP contribution in [-0.2, 0) is 4.79 Å². The number of allylic oxidation sites excluding steroid dienone is 9. The fraction of sp³-hybridized carbons (Fsp3) is 0.800. The Morgan fingerprint density at radius 3 is 1.14 bits per heavy atom. The standard InChI is InChI=1S/C55H101NO3/c1-3-5-7-9-11-13-15-17-18-19-20-21-22-23-24-25-26-27-28-29-30-31-32-33-34-35-36-37-38-39-41-43-45-47-49-51-55(59)56-53(52-57)54(58)50-48-46-44-42-40-16-14-12-10-8-6-4-2/h10,12,22-23,25-26,40,42,48,50,53-54,57-58H,3-9,11,13-21,24,27-39,41,43-47,49,51-52H2,1-2H3,(H,56,59)/b12-10+,23-22-,26-25-,42-40+,50-48+. The minimum absolute atomic E-state index is 0.0786. The van der Waals surface area contributed by atoms with Gasteiger partial charge in [0.1, 0.15) is 0 Å². The van der Waals surface area contributed by atoms with E-state index >= 15 is 0 Å². The van der Waals surface area contributed by atoms with Crippen molar-refractivity contribution in [1.29, 1.82) is 0 Å². The summed E-state index contributed by atoms with van der Waals surface area (Å²) < 4.78 is 0. The molecule has 4 nitrogen and oxygen atoms in total. The van der Waals surface area contributed by atoms with Crippen LogP contribution in [0.25, 0.3) is 0 Å². The van der Waals surface area contributed by atoms with Crippen LogP contribution in [0.3, 0.4) is 0 Å². The summed E-state index contributed by atoms with van der Waals surface area (Å²) in [5.41, 5.74) is 0. The summed E-state index contributed by atoms with van der Waals surface area (Å²) in [4.78, 5) is 12.4. The Hall–Kier alpha value is -1.91. The summed E-state index contributed by atoms with van der Waals surface area (Å²) >= 11 is 0. The van der Waals surface area contributed by atoms with Gasteiger partial charge in [0.2, 0.25) is 5.91 Å². The molecule has 0 aromatic carbocycles. The first-order chi connectivity index (χ1) is 29.2. The summed E-state index contributed by atoms with van der Waals surface area (Å²) in [5.74, 6) is -0.0786. The number of nitrogens with one attached hydrogen (secondary N) is 1. The van der Waals surface area contributed by atoms with Gasteiger partial charge in [-0.15, -0.1) is 0 Å². The van der Waals surface area contributed by atoms with Crippen molar-refractivity contribution < 1.29 is 15.0 Å². The number of carbonyl (C=O) groups excluding carboxylic acids is 1. The molecule has 0 bridgehead atoms. The number of aliphatic hydroxyl groups excluding tert-OH is 2. The van der Waals surface area contributed by atoms with Crippen molar-refractivity contribution in [3.63, 3.8) is 0 Å². The Morgan fingerprint density at radius 2 is 0.729 bits per heavy atom. The number of hydrogen-bond acceptors (Lipinski definition) is 3. The van der Waals surface area contributed by atoms with Gasteiger partial charge in [0.15, 0.2) is 0 Å². The molecule has 2 unspecified atom stereocenters. The molecule has 0 aliphatic heterocycles. The molecule has 0 fully saturated rings. The Kier molecular flexibility index (Phi) is 48.8. The van der Waals surface area contributed by atoms with Gasteiger partial charge in [-0.3, -0.25) is 4.79 Å². The largest absolute Gasteiger partial charge is 0.394 e. The molecule has 0 spiro atoms. The lowest BCUT2D eigenvalue weighted by Gasteiger charge is -2.19. The molecule has 1 amide bonds. The molecule has 0 radical (unpaired) electrons. The number of carbonyl (C=O) groups is 1. The molecule has 0 aliphatic carbocycles. The van der Waals surface area contributed by atoms with Crippen LogP contribution in [0.15, 0.2) is 60.8 Å². The highest BCUT2D eigenvalue weighted by atomic mass is 16.3. The zero-order chi connectivity index (χ0) is 42.8. The van der Waals surface area contributed by atoms with Crippen LogP contribution in [0.5, 0.6) is 0 Å². The van der Waals surface area contributed by atoms with Crippen molar-refractivity contribution in [3.8, 4) is 0 Å². The molecule has 4 heteroatoms. The van der Waals surface area contributed by atoms with Crippen LogP contribution in [-0.4, -0.2) is 34.9 Å². The zero-order valence-corrected chi connectivity index (χ0v) is 39.5. The Balaban J connectivity index is 3.46. The molecule has 0 heterocycles. The average Bonchev–Trinajstić information content (AvgIpc) is 3.24. The molecule has 344 valence electrons. The molecule has 2 atom stereocenters. The van der Waals surface area contributed by atoms with E-state index in [1.54, 1.807) is 6.08 Å². The van der Waals surface area contributed by atoms with Crippen molar-refractivity contribution in [2.24, 2.45) is 0 Å². The molecule has 0 aromatic heterocycles. The lowest BCUT2D eigenvalue weighted by Crippen LogP contribution is -2.45. The highest BCUT2D eigenvalue weighted by molar-refractivity contribution is 5.76. The zero-order valence-electron chi connectivity index (χ0n) is 39.5. The molecule has 3 N–H and O–H groups in total. The average molecular weight is 824 g/mol. The summed E-state index contributed by atoms with van der Waals surface area (Å²) in [6.45, 7) is 4.25. The van der Waals surface area contributed by atoms with Gasteiger partial charge in [0, 0.05) is 6.42 Å². The molecule has 0 aromatic rings. The first-order valence-electron chi connectivity index (χ1n) is 26.0. The van der Waals surface area contributed by atoms with Crippen molar-refractivity contribution >= 4 is 5.91 Å². The molecule has 0 saturated carbocycles. The lowest BCUT2D eigenvalue weighted by atomic mass is 10.0. The van der Waals surface area contributed by atoms with Crippen LogP contribution in [0.4, 0.5) is 0 Å². The van der Waals surface area contributed by atoms with Crippen molar-refractivity contribution in [2.75, 3.05) is 6.61 Å². The molecular weight excluding hydrogens is 723 g/mol. The third-order valence-electron chi connectivity index (χ3n) is 11.7. The van der Waals surface area contributed by atoms with Gasteiger partial charge in [0.05, 0.1) is 18.8 Å². The fourth-order valence-electron chi connectivity index (χ4n) is 7.70. The maximum absolute atomic E-state index is 12.4. The second-order valence-corrected chi connectivity index (χ2v) is 17.6. The van der Waals surface area contributed by atoms with Crippen molar-refractivity contribution in [1.82, 2.24) is 5.32 Å². The summed E-state index contributed by atoms with van der Waals surface area (Å²) in [6, 6.07) is -0.645. The number of rotatable bonds is 47.